The second-order valence-electron chi connectivity index (χ2n) is 10.2. The quantitative estimate of drug-likeness (QED) is 0.374. The van der Waals surface area contributed by atoms with Crippen molar-refractivity contribution in [2.75, 3.05) is 23.4 Å². The van der Waals surface area contributed by atoms with Gasteiger partial charge in [-0.05, 0) is 30.9 Å². The zero-order chi connectivity index (χ0) is 26.8. The normalized spacial score (nSPS) is 15.8. The number of aryl methyl sites for hydroxylation is 2. The fraction of sp³-hybridized carbons (Fsp3) is 0.370. The first-order valence-electron chi connectivity index (χ1n) is 12.5. The van der Waals surface area contributed by atoms with E-state index in [0.717, 1.165) is 42.1 Å². The Balaban J connectivity index is 1.31. The van der Waals surface area contributed by atoms with Crippen molar-refractivity contribution >= 4 is 17.4 Å². The average molecular weight is 519 g/mol. The number of anilines is 2. The molecule has 11 heteroatoms. The van der Waals surface area contributed by atoms with Crippen LogP contribution < -0.4 is 9.80 Å². The number of carbonyl (C=O) groups excluding carboxylic acids is 1. The molecule has 2 aliphatic rings. The lowest BCUT2D eigenvalue weighted by atomic mass is 10.1. The van der Waals surface area contributed by atoms with Gasteiger partial charge in [0, 0.05) is 39.3 Å². The molecular weight excluding hydrogens is 490 g/mol. The third-order valence-electron chi connectivity index (χ3n) is 7.11. The number of benzene rings is 1. The molecule has 0 bridgehead atoms. The number of amides is 1. The molecule has 0 radical (unpaired) electrons. The molecule has 1 aromatic carbocycles. The summed E-state index contributed by atoms with van der Waals surface area (Å²) in [4.78, 5) is 30.0. The first kappa shape index (κ1) is 24.2. The van der Waals surface area contributed by atoms with Crippen molar-refractivity contribution in [1.82, 2.24) is 29.3 Å². The highest BCUT2D eigenvalue weighted by molar-refractivity contribution is 6.01. The number of hydrogen-bond acceptors (Lipinski definition) is 6. The summed E-state index contributed by atoms with van der Waals surface area (Å²) in [7, 11) is 3.43. The van der Waals surface area contributed by atoms with Crippen molar-refractivity contribution in [3.63, 3.8) is 0 Å². The van der Waals surface area contributed by atoms with Crippen molar-refractivity contribution in [2.24, 2.45) is 7.05 Å². The van der Waals surface area contributed by atoms with Gasteiger partial charge in [0.2, 0.25) is 5.91 Å². The van der Waals surface area contributed by atoms with Gasteiger partial charge in [0.1, 0.15) is 22.9 Å². The maximum Gasteiger partial charge on any atom is 0.288 e. The summed E-state index contributed by atoms with van der Waals surface area (Å²) in [6, 6.07) is 7.94. The van der Waals surface area contributed by atoms with Gasteiger partial charge in [0.25, 0.3) is 5.92 Å². The van der Waals surface area contributed by atoms with E-state index >= 15 is 0 Å². The molecule has 0 N–H and O–H groups in total. The molecule has 1 saturated carbocycles. The molecule has 3 aromatic heterocycles. The summed E-state index contributed by atoms with van der Waals surface area (Å²) >= 11 is 0. The summed E-state index contributed by atoms with van der Waals surface area (Å²) in [5, 5.41) is 4.54. The first-order chi connectivity index (χ1) is 18.1. The molecule has 4 heterocycles. The molecule has 6 rings (SSSR count). The van der Waals surface area contributed by atoms with Crippen molar-refractivity contribution < 1.29 is 13.6 Å². The number of halogens is 2. The number of fused-ring (bicyclic) bond motifs is 1. The molecule has 196 valence electrons. The highest BCUT2D eigenvalue weighted by Gasteiger charge is 2.32. The van der Waals surface area contributed by atoms with Crippen LogP contribution in [-0.4, -0.2) is 48.8 Å². The van der Waals surface area contributed by atoms with Crippen LogP contribution >= 0.6 is 0 Å². The highest BCUT2D eigenvalue weighted by Crippen LogP contribution is 2.40. The SMILES string of the molecule is Cc1cnn(C2CC2)c1-c1ncc2c(n1)N(Cc1ccc(-c3nc(C(C)(F)F)cn3C)cc1)CC(=O)N2C. The molecule has 1 aliphatic carbocycles. The average Bonchev–Trinajstić information content (AvgIpc) is 3.54. The fourth-order valence-corrected chi connectivity index (χ4v) is 4.81. The Morgan fingerprint density at radius 2 is 1.82 bits per heavy atom. The Kier molecular flexibility index (Phi) is 5.55. The second kappa shape index (κ2) is 8.71. The van der Waals surface area contributed by atoms with Gasteiger partial charge in [-0.1, -0.05) is 24.3 Å². The van der Waals surface area contributed by atoms with Gasteiger partial charge in [0.05, 0.1) is 25.0 Å². The van der Waals surface area contributed by atoms with Gasteiger partial charge in [-0.15, -0.1) is 0 Å². The van der Waals surface area contributed by atoms with Crippen molar-refractivity contribution in [3.8, 4) is 22.9 Å². The van der Waals surface area contributed by atoms with Crippen LogP contribution in [-0.2, 0) is 24.3 Å². The Hall–Kier alpha value is -4.15. The molecule has 1 aliphatic heterocycles. The Morgan fingerprint density at radius 3 is 2.47 bits per heavy atom. The van der Waals surface area contributed by atoms with Crippen LogP contribution in [0.25, 0.3) is 22.9 Å². The molecule has 9 nitrogen and oxygen atoms in total. The van der Waals surface area contributed by atoms with Crippen LogP contribution in [0.4, 0.5) is 20.3 Å². The number of hydrogen-bond donors (Lipinski definition) is 0. The van der Waals surface area contributed by atoms with E-state index in [1.165, 1.54) is 6.20 Å². The third kappa shape index (κ3) is 4.21. The van der Waals surface area contributed by atoms with Crippen molar-refractivity contribution in [1.29, 1.82) is 0 Å². The predicted octanol–water partition coefficient (Wildman–Crippen LogP) is 4.48. The largest absolute Gasteiger partial charge is 0.341 e. The summed E-state index contributed by atoms with van der Waals surface area (Å²) in [6.45, 7) is 3.47. The lowest BCUT2D eigenvalue weighted by Crippen LogP contribution is -2.44. The number of aromatic nitrogens is 6. The zero-order valence-electron chi connectivity index (χ0n) is 21.7. The number of nitrogens with zero attached hydrogens (tertiary/aromatic N) is 8. The third-order valence-corrected chi connectivity index (χ3v) is 7.11. The molecular formula is C27H28F2N8O. The number of imidazole rings is 1. The standard InChI is InChI=1S/C27H28F2N8O/c1-16-11-31-37(19-9-10-19)23(16)24-30-12-20-26(33-24)36(15-22(38)35(20)4)13-17-5-7-18(8-6-17)25-32-21(14-34(25)3)27(2,28)29/h5-8,11-12,14,19H,9-10,13,15H2,1-4H3. The van der Waals surface area contributed by atoms with E-state index < -0.39 is 5.92 Å². The first-order valence-corrected chi connectivity index (χ1v) is 12.5. The van der Waals surface area contributed by atoms with E-state index in [2.05, 4.69) is 15.1 Å². The van der Waals surface area contributed by atoms with E-state index in [4.69, 9.17) is 4.98 Å². The number of alkyl halides is 2. The van der Waals surface area contributed by atoms with Crippen LogP contribution in [0, 0.1) is 6.92 Å². The second-order valence-corrected chi connectivity index (χ2v) is 10.2. The lowest BCUT2D eigenvalue weighted by Gasteiger charge is -2.34. The molecule has 0 saturated heterocycles. The summed E-state index contributed by atoms with van der Waals surface area (Å²) in [6.07, 6.45) is 7.09. The monoisotopic (exact) mass is 518 g/mol. The Labute approximate surface area is 218 Å². The van der Waals surface area contributed by atoms with E-state index in [-0.39, 0.29) is 18.1 Å². The molecule has 1 amide bonds. The minimum absolute atomic E-state index is 0.0503. The van der Waals surface area contributed by atoms with Crippen LogP contribution in [0.5, 0.6) is 0 Å². The molecule has 0 spiro atoms. The Morgan fingerprint density at radius 1 is 1.08 bits per heavy atom. The van der Waals surface area contributed by atoms with E-state index in [1.807, 2.05) is 47.0 Å². The van der Waals surface area contributed by atoms with Crippen LogP contribution in [0.2, 0.25) is 0 Å². The maximum atomic E-state index is 13.7. The molecule has 38 heavy (non-hydrogen) atoms. The summed E-state index contributed by atoms with van der Waals surface area (Å²) < 4.78 is 31.1. The Bertz CT molecular complexity index is 1530. The van der Waals surface area contributed by atoms with E-state index in [0.29, 0.717) is 35.7 Å². The van der Waals surface area contributed by atoms with E-state index in [9.17, 15) is 13.6 Å². The number of rotatable bonds is 6. The minimum Gasteiger partial charge on any atom is -0.341 e. The van der Waals surface area contributed by atoms with Gasteiger partial charge in [-0.2, -0.15) is 13.9 Å². The number of carbonyl (C=O) groups is 1. The summed E-state index contributed by atoms with van der Waals surface area (Å²) in [5.41, 5.74) is 3.99. The van der Waals surface area contributed by atoms with Gasteiger partial charge in [0.15, 0.2) is 11.6 Å². The van der Waals surface area contributed by atoms with Gasteiger partial charge in [-0.25, -0.2) is 15.0 Å². The van der Waals surface area contributed by atoms with Crippen LogP contribution in [0.15, 0.2) is 42.9 Å². The summed E-state index contributed by atoms with van der Waals surface area (Å²) in [5.74, 6) is -1.32. The van der Waals surface area contributed by atoms with Crippen LogP contribution in [0.3, 0.4) is 0 Å². The van der Waals surface area contributed by atoms with Crippen LogP contribution in [0.1, 0.15) is 42.6 Å². The zero-order valence-corrected chi connectivity index (χ0v) is 21.7. The molecule has 0 unspecified atom stereocenters. The predicted molar refractivity (Wildman–Crippen MR) is 139 cm³/mol. The highest BCUT2D eigenvalue weighted by atomic mass is 19.3. The van der Waals surface area contributed by atoms with Gasteiger partial charge in [-0.3, -0.25) is 9.48 Å². The minimum atomic E-state index is -3.01. The van der Waals surface area contributed by atoms with E-state index in [1.54, 1.807) is 29.8 Å². The topological polar surface area (TPSA) is 85.0 Å². The molecule has 0 atom stereocenters. The fourth-order valence-electron chi connectivity index (χ4n) is 4.81. The van der Waals surface area contributed by atoms with Crippen molar-refractivity contribution in [3.05, 3.63) is 59.7 Å². The molecule has 4 aromatic rings. The smallest absolute Gasteiger partial charge is 0.288 e. The van der Waals surface area contributed by atoms with Gasteiger partial charge >= 0.3 is 0 Å². The number of likely N-dealkylation sites (N-methyl/N-ethyl adjacent to an activating group) is 1. The maximum absolute atomic E-state index is 13.7. The van der Waals surface area contributed by atoms with Crippen molar-refractivity contribution in [2.45, 2.75) is 45.2 Å². The molecule has 1 fully saturated rings. The lowest BCUT2D eigenvalue weighted by molar-refractivity contribution is -0.117. The van der Waals surface area contributed by atoms with Gasteiger partial charge < -0.3 is 14.4 Å².